The molecule has 21 heavy (non-hydrogen) atoms. The Hall–Kier alpha value is -1.88. The Morgan fingerprint density at radius 2 is 2.19 bits per heavy atom. The third kappa shape index (κ3) is 2.93. The second kappa shape index (κ2) is 5.85. The minimum atomic E-state index is -0.144. The van der Waals surface area contributed by atoms with Crippen molar-refractivity contribution < 1.29 is 4.39 Å². The number of nitrogens with one attached hydrogen (secondary N) is 1. The van der Waals surface area contributed by atoms with Gasteiger partial charge in [0.1, 0.15) is 11.6 Å². The Morgan fingerprint density at radius 3 is 3.00 bits per heavy atom. The van der Waals surface area contributed by atoms with Gasteiger partial charge in [0.05, 0.1) is 6.54 Å². The predicted molar refractivity (Wildman–Crippen MR) is 81.7 cm³/mol. The quantitative estimate of drug-likeness (QED) is 0.938. The van der Waals surface area contributed by atoms with Gasteiger partial charge in [0.25, 0.3) is 0 Å². The molecule has 3 rings (SSSR count). The lowest BCUT2D eigenvalue weighted by molar-refractivity contribution is 0.536. The number of benzene rings is 1. The van der Waals surface area contributed by atoms with Gasteiger partial charge in [-0.05, 0) is 12.1 Å². The molecule has 1 aromatic heterocycles. The summed E-state index contributed by atoms with van der Waals surface area (Å²) >= 11 is 0. The number of fused-ring (bicyclic) bond motifs is 1. The van der Waals surface area contributed by atoms with Crippen LogP contribution in [0.2, 0.25) is 0 Å². The summed E-state index contributed by atoms with van der Waals surface area (Å²) in [6.07, 6.45) is 3.82. The molecular weight excluding hydrogens is 267 g/mol. The van der Waals surface area contributed by atoms with Gasteiger partial charge in [-0.3, -0.25) is 0 Å². The molecule has 0 saturated carbocycles. The van der Waals surface area contributed by atoms with Crippen molar-refractivity contribution in [1.29, 1.82) is 0 Å². The van der Waals surface area contributed by atoms with Gasteiger partial charge in [-0.25, -0.2) is 9.37 Å². The van der Waals surface area contributed by atoms with Crippen molar-refractivity contribution in [2.45, 2.75) is 39.5 Å². The lowest BCUT2D eigenvalue weighted by Crippen LogP contribution is -2.35. The fourth-order valence-electron chi connectivity index (χ4n) is 2.70. The van der Waals surface area contributed by atoms with Crippen molar-refractivity contribution in [3.8, 4) is 0 Å². The van der Waals surface area contributed by atoms with Crippen molar-refractivity contribution in [3.05, 3.63) is 47.8 Å². The maximum absolute atomic E-state index is 14.2. The van der Waals surface area contributed by atoms with Crippen molar-refractivity contribution in [3.63, 3.8) is 0 Å². The molecule has 0 amide bonds. The van der Waals surface area contributed by atoms with Crippen LogP contribution in [-0.4, -0.2) is 22.1 Å². The summed E-state index contributed by atoms with van der Waals surface area (Å²) in [6, 6.07) is 5.65. The molecule has 0 spiro atoms. The molecule has 0 radical (unpaired) electrons. The molecule has 1 aliphatic heterocycles. The van der Waals surface area contributed by atoms with E-state index in [0.29, 0.717) is 12.6 Å². The van der Waals surface area contributed by atoms with Gasteiger partial charge in [-0.15, -0.1) is 0 Å². The summed E-state index contributed by atoms with van der Waals surface area (Å²) in [5.74, 6) is 0.892. The van der Waals surface area contributed by atoms with E-state index in [4.69, 9.17) is 0 Å². The maximum Gasteiger partial charge on any atom is 0.129 e. The molecule has 1 N–H and O–H groups in total. The summed E-state index contributed by atoms with van der Waals surface area (Å²) < 4.78 is 16.4. The number of anilines is 1. The largest absolute Gasteiger partial charge is 0.362 e. The lowest BCUT2D eigenvalue weighted by atomic mass is 10.1. The number of halogens is 1. The molecule has 4 nitrogen and oxygen atoms in total. The highest BCUT2D eigenvalue weighted by molar-refractivity contribution is 5.54. The first-order valence-electron chi connectivity index (χ1n) is 7.41. The Morgan fingerprint density at radius 1 is 1.33 bits per heavy atom. The SMILES string of the molecule is CC(C)NCc1c(F)cccc1N1CCn2ccnc2C1. The van der Waals surface area contributed by atoms with Crippen molar-refractivity contribution >= 4 is 5.69 Å². The van der Waals surface area contributed by atoms with E-state index in [1.165, 1.54) is 6.07 Å². The average molecular weight is 288 g/mol. The van der Waals surface area contributed by atoms with Gasteiger partial charge in [0.2, 0.25) is 0 Å². The smallest absolute Gasteiger partial charge is 0.129 e. The van der Waals surface area contributed by atoms with Crippen LogP contribution in [0.3, 0.4) is 0 Å². The van der Waals surface area contributed by atoms with Gasteiger partial charge in [-0.2, -0.15) is 0 Å². The number of nitrogens with zero attached hydrogens (tertiary/aromatic N) is 3. The van der Waals surface area contributed by atoms with Crippen LogP contribution >= 0.6 is 0 Å². The molecule has 0 bridgehead atoms. The van der Waals surface area contributed by atoms with Crippen molar-refractivity contribution in [2.24, 2.45) is 0 Å². The van der Waals surface area contributed by atoms with Crippen molar-refractivity contribution in [2.75, 3.05) is 11.4 Å². The molecule has 2 heterocycles. The van der Waals surface area contributed by atoms with E-state index >= 15 is 0 Å². The molecule has 2 aromatic rings. The number of rotatable bonds is 4. The molecule has 5 heteroatoms. The highest BCUT2D eigenvalue weighted by Gasteiger charge is 2.20. The lowest BCUT2D eigenvalue weighted by Gasteiger charge is -2.31. The monoisotopic (exact) mass is 288 g/mol. The van der Waals surface area contributed by atoms with Gasteiger partial charge >= 0.3 is 0 Å². The Kier molecular flexibility index (Phi) is 3.92. The highest BCUT2D eigenvalue weighted by Crippen LogP contribution is 2.26. The van der Waals surface area contributed by atoms with Crippen LogP contribution in [0, 0.1) is 5.82 Å². The third-order valence-electron chi connectivity index (χ3n) is 3.87. The number of hydrogen-bond donors (Lipinski definition) is 1. The molecule has 0 atom stereocenters. The number of hydrogen-bond acceptors (Lipinski definition) is 3. The molecule has 0 aliphatic carbocycles. The summed E-state index contributed by atoms with van der Waals surface area (Å²) in [7, 11) is 0. The maximum atomic E-state index is 14.2. The zero-order valence-corrected chi connectivity index (χ0v) is 12.5. The molecule has 0 fully saturated rings. The fourth-order valence-corrected chi connectivity index (χ4v) is 2.70. The summed E-state index contributed by atoms with van der Waals surface area (Å²) in [5.41, 5.74) is 1.71. The third-order valence-corrected chi connectivity index (χ3v) is 3.87. The van der Waals surface area contributed by atoms with Crippen LogP contribution in [0.1, 0.15) is 25.2 Å². The first-order chi connectivity index (χ1) is 10.1. The average Bonchev–Trinajstić information content (AvgIpc) is 2.92. The summed E-state index contributed by atoms with van der Waals surface area (Å²) in [4.78, 5) is 6.58. The zero-order valence-electron chi connectivity index (χ0n) is 12.5. The van der Waals surface area contributed by atoms with E-state index in [-0.39, 0.29) is 5.82 Å². The number of aromatic nitrogens is 2. The first-order valence-corrected chi connectivity index (χ1v) is 7.41. The van der Waals surface area contributed by atoms with E-state index < -0.39 is 0 Å². The summed E-state index contributed by atoms with van der Waals surface area (Å²) in [5, 5.41) is 3.31. The van der Waals surface area contributed by atoms with E-state index in [1.807, 2.05) is 18.5 Å². The second-order valence-electron chi connectivity index (χ2n) is 5.73. The van der Waals surface area contributed by atoms with E-state index in [9.17, 15) is 4.39 Å². The van der Waals surface area contributed by atoms with E-state index in [0.717, 1.165) is 36.7 Å². The minimum Gasteiger partial charge on any atom is -0.362 e. The van der Waals surface area contributed by atoms with Gasteiger partial charge < -0.3 is 14.8 Å². The number of imidazole rings is 1. The van der Waals surface area contributed by atoms with E-state index in [2.05, 4.69) is 33.6 Å². The molecular formula is C16H21FN4. The Bertz CT molecular complexity index is 620. The molecule has 1 aromatic carbocycles. The normalized spacial score (nSPS) is 14.6. The highest BCUT2D eigenvalue weighted by atomic mass is 19.1. The zero-order chi connectivity index (χ0) is 14.8. The predicted octanol–water partition coefficient (Wildman–Crippen LogP) is 2.54. The van der Waals surface area contributed by atoms with Crippen LogP contribution in [0.15, 0.2) is 30.6 Å². The van der Waals surface area contributed by atoms with Crippen LogP contribution in [0.5, 0.6) is 0 Å². The van der Waals surface area contributed by atoms with E-state index in [1.54, 1.807) is 6.07 Å². The second-order valence-corrected chi connectivity index (χ2v) is 5.73. The fraction of sp³-hybridized carbons (Fsp3) is 0.438. The van der Waals surface area contributed by atoms with Crippen LogP contribution in [0.4, 0.5) is 10.1 Å². The molecule has 0 unspecified atom stereocenters. The molecule has 112 valence electrons. The van der Waals surface area contributed by atoms with Crippen LogP contribution in [-0.2, 0) is 19.6 Å². The van der Waals surface area contributed by atoms with Crippen molar-refractivity contribution in [1.82, 2.24) is 14.9 Å². The van der Waals surface area contributed by atoms with Gasteiger partial charge in [-0.1, -0.05) is 19.9 Å². The summed E-state index contributed by atoms with van der Waals surface area (Å²) in [6.45, 7) is 7.18. The van der Waals surface area contributed by atoms with Crippen LogP contribution < -0.4 is 10.2 Å². The first kappa shape index (κ1) is 14.1. The van der Waals surface area contributed by atoms with Gasteiger partial charge in [0, 0.05) is 49.3 Å². The topological polar surface area (TPSA) is 33.1 Å². The molecule has 0 saturated heterocycles. The Labute approximate surface area is 124 Å². The van der Waals surface area contributed by atoms with Gasteiger partial charge in [0.15, 0.2) is 0 Å². The minimum absolute atomic E-state index is 0.144. The molecule has 1 aliphatic rings. The Balaban J connectivity index is 1.86. The standard InChI is InChI=1S/C16H21FN4/c1-12(2)19-10-13-14(17)4-3-5-15(13)21-9-8-20-7-6-18-16(20)11-21/h3-7,12,19H,8-11H2,1-2H3. The van der Waals surface area contributed by atoms with Crippen LogP contribution in [0.25, 0.3) is 0 Å².